The number of urea groups is 1. The molecule has 5 heterocycles. The number of nitrogens with zero attached hydrogens (tertiary/aromatic N) is 5. The number of carbonyl (C=O) groups is 2. The summed E-state index contributed by atoms with van der Waals surface area (Å²) in [6.45, 7) is 1.25. The zero-order valence-electron chi connectivity index (χ0n) is 19.2. The van der Waals surface area contributed by atoms with Crippen LogP contribution in [-0.2, 0) is 6.54 Å². The Morgan fingerprint density at radius 1 is 1.25 bits per heavy atom. The summed E-state index contributed by atoms with van der Waals surface area (Å²) in [7, 11) is 0. The Morgan fingerprint density at radius 2 is 2.14 bits per heavy atom. The summed E-state index contributed by atoms with van der Waals surface area (Å²) in [5.41, 5.74) is 1.000. The first-order chi connectivity index (χ1) is 17.5. The van der Waals surface area contributed by atoms with Gasteiger partial charge in [0.05, 0.1) is 24.9 Å². The van der Waals surface area contributed by atoms with Crippen LogP contribution >= 0.6 is 11.3 Å². The van der Waals surface area contributed by atoms with Crippen molar-refractivity contribution >= 4 is 40.6 Å². The molecule has 1 fully saturated rings. The van der Waals surface area contributed by atoms with Crippen molar-refractivity contribution in [1.29, 1.82) is 0 Å². The van der Waals surface area contributed by atoms with Crippen molar-refractivity contribution in [3.05, 3.63) is 52.7 Å². The molecule has 2 atom stereocenters. The molecule has 2 aliphatic heterocycles. The number of nitrogens with one attached hydrogen (secondary N) is 2. The molecule has 0 aromatic carbocycles. The monoisotopic (exact) mass is 511 g/mol. The van der Waals surface area contributed by atoms with Gasteiger partial charge in [-0.2, -0.15) is 0 Å². The Morgan fingerprint density at radius 3 is 2.94 bits per heavy atom. The van der Waals surface area contributed by atoms with E-state index in [9.17, 15) is 14.7 Å². The summed E-state index contributed by atoms with van der Waals surface area (Å²) in [5, 5.41) is 26.7. The SMILES string of the molecule is O=C(NCc1nccs1)c1ccc2c(n1)N(C(=O)Nc1cc(OC[C@H](O)CO)ccn1)C1CCN2C1. The van der Waals surface area contributed by atoms with Crippen LogP contribution in [0.15, 0.2) is 42.0 Å². The fourth-order valence-corrected chi connectivity index (χ4v) is 4.72. The number of pyridine rings is 2. The molecule has 36 heavy (non-hydrogen) atoms. The van der Waals surface area contributed by atoms with Crippen molar-refractivity contribution in [2.24, 2.45) is 0 Å². The predicted octanol–water partition coefficient (Wildman–Crippen LogP) is 1.23. The normalized spacial score (nSPS) is 16.9. The highest BCUT2D eigenvalue weighted by Crippen LogP contribution is 2.39. The Hall–Kier alpha value is -3.81. The summed E-state index contributed by atoms with van der Waals surface area (Å²) >= 11 is 1.45. The lowest BCUT2D eigenvalue weighted by molar-refractivity contribution is 0.0536. The Kier molecular flexibility index (Phi) is 6.93. The van der Waals surface area contributed by atoms with Gasteiger partial charge in [0.25, 0.3) is 5.91 Å². The summed E-state index contributed by atoms with van der Waals surface area (Å²) in [4.78, 5) is 42.8. The standard InChI is InChI=1S/C23H25N7O5S/c31-12-15(32)13-35-16-3-5-24-19(9-16)28-23(34)30-14-4-7-29(11-14)18-2-1-17(27-21(18)30)22(33)26-10-20-25-6-8-36-20/h1-3,5-6,8-9,14-15,31-32H,4,7,10-13H2,(H,26,33)(H,24,28,34)/t14?,15-/m1/s1. The van der Waals surface area contributed by atoms with E-state index in [-0.39, 0.29) is 30.1 Å². The van der Waals surface area contributed by atoms with Crippen LogP contribution in [0, 0.1) is 0 Å². The molecule has 2 aliphatic rings. The van der Waals surface area contributed by atoms with Crippen LogP contribution in [0.2, 0.25) is 0 Å². The molecule has 0 radical (unpaired) electrons. The molecular formula is C23H25N7O5S. The lowest BCUT2D eigenvalue weighted by Gasteiger charge is -2.35. The number of aliphatic hydroxyl groups is 2. The van der Waals surface area contributed by atoms with Gasteiger partial charge >= 0.3 is 6.03 Å². The van der Waals surface area contributed by atoms with Crippen LogP contribution < -0.4 is 25.2 Å². The van der Waals surface area contributed by atoms with Gasteiger partial charge in [0.15, 0.2) is 5.82 Å². The summed E-state index contributed by atoms with van der Waals surface area (Å²) in [5.74, 6) is 0.714. The lowest BCUT2D eigenvalue weighted by Crippen LogP contribution is -2.48. The fourth-order valence-electron chi connectivity index (χ4n) is 4.17. The van der Waals surface area contributed by atoms with Crippen molar-refractivity contribution in [3.63, 3.8) is 0 Å². The maximum Gasteiger partial charge on any atom is 0.329 e. The van der Waals surface area contributed by atoms with E-state index < -0.39 is 18.7 Å². The number of anilines is 3. The Balaban J connectivity index is 1.34. The molecule has 1 unspecified atom stereocenters. The van der Waals surface area contributed by atoms with Crippen LogP contribution in [-0.4, -0.2) is 75.6 Å². The molecule has 12 nitrogen and oxygen atoms in total. The molecule has 1 saturated heterocycles. The minimum atomic E-state index is -1.01. The Labute approximate surface area is 210 Å². The number of fused-ring (bicyclic) bond motifs is 4. The first-order valence-corrected chi connectivity index (χ1v) is 12.3. The molecule has 3 aromatic rings. The van der Waals surface area contributed by atoms with E-state index in [4.69, 9.17) is 9.84 Å². The summed E-state index contributed by atoms with van der Waals surface area (Å²) < 4.78 is 5.44. The fraction of sp³-hybridized carbons (Fsp3) is 0.348. The average Bonchev–Trinajstić information content (AvgIpc) is 3.57. The van der Waals surface area contributed by atoms with Gasteiger partial charge in [-0.25, -0.2) is 19.7 Å². The summed E-state index contributed by atoms with van der Waals surface area (Å²) in [6.07, 6.45) is 2.91. The molecule has 0 aliphatic carbocycles. The third-order valence-corrected chi connectivity index (χ3v) is 6.69. The molecule has 13 heteroatoms. The minimum absolute atomic E-state index is 0.0946. The van der Waals surface area contributed by atoms with E-state index in [2.05, 4.69) is 30.5 Å². The van der Waals surface area contributed by atoms with E-state index in [0.717, 1.165) is 23.7 Å². The van der Waals surface area contributed by atoms with Gasteiger partial charge in [0.1, 0.15) is 35.0 Å². The minimum Gasteiger partial charge on any atom is -0.491 e. The van der Waals surface area contributed by atoms with E-state index in [1.807, 2.05) is 11.4 Å². The number of ether oxygens (including phenoxy) is 1. The van der Waals surface area contributed by atoms with Gasteiger partial charge in [-0.15, -0.1) is 11.3 Å². The molecule has 4 N–H and O–H groups in total. The molecule has 2 bridgehead atoms. The van der Waals surface area contributed by atoms with E-state index in [0.29, 0.717) is 24.7 Å². The van der Waals surface area contributed by atoms with Crippen LogP contribution in [0.25, 0.3) is 0 Å². The highest BCUT2D eigenvalue weighted by molar-refractivity contribution is 7.09. The number of aromatic nitrogens is 3. The molecule has 0 saturated carbocycles. The maximum atomic E-state index is 13.4. The number of aliphatic hydroxyl groups excluding tert-OH is 2. The van der Waals surface area contributed by atoms with Crippen molar-refractivity contribution in [1.82, 2.24) is 20.3 Å². The van der Waals surface area contributed by atoms with Crippen LogP contribution in [0.3, 0.4) is 0 Å². The van der Waals surface area contributed by atoms with Gasteiger partial charge in [0, 0.05) is 36.9 Å². The van der Waals surface area contributed by atoms with Gasteiger partial charge in [-0.3, -0.25) is 15.0 Å². The van der Waals surface area contributed by atoms with Gasteiger partial charge < -0.3 is 25.2 Å². The second-order valence-corrected chi connectivity index (χ2v) is 9.34. The van der Waals surface area contributed by atoms with E-state index in [1.165, 1.54) is 23.6 Å². The van der Waals surface area contributed by atoms with Crippen LogP contribution in [0.5, 0.6) is 5.75 Å². The van der Waals surface area contributed by atoms with Crippen molar-refractivity contribution in [2.45, 2.75) is 25.1 Å². The van der Waals surface area contributed by atoms with Crippen LogP contribution in [0.1, 0.15) is 21.9 Å². The predicted molar refractivity (Wildman–Crippen MR) is 132 cm³/mol. The third kappa shape index (κ3) is 5.08. The van der Waals surface area contributed by atoms with E-state index >= 15 is 0 Å². The second kappa shape index (κ2) is 10.4. The van der Waals surface area contributed by atoms with Gasteiger partial charge in [-0.05, 0) is 24.6 Å². The van der Waals surface area contributed by atoms with Crippen molar-refractivity contribution < 1.29 is 24.5 Å². The summed E-state index contributed by atoms with van der Waals surface area (Å²) in [6, 6.07) is 6.08. The quantitative estimate of drug-likeness (QED) is 0.350. The second-order valence-electron chi connectivity index (χ2n) is 8.36. The number of amides is 3. The number of hydrogen-bond donors (Lipinski definition) is 4. The molecule has 5 rings (SSSR count). The number of thiazole rings is 1. The molecule has 0 spiro atoms. The number of carbonyl (C=O) groups excluding carboxylic acids is 2. The topological polar surface area (TPSA) is 153 Å². The van der Waals surface area contributed by atoms with Gasteiger partial charge in [0.2, 0.25) is 0 Å². The third-order valence-electron chi connectivity index (χ3n) is 5.91. The smallest absolute Gasteiger partial charge is 0.329 e. The van der Waals surface area contributed by atoms with Crippen LogP contribution in [0.4, 0.5) is 22.1 Å². The first-order valence-electron chi connectivity index (χ1n) is 11.4. The number of rotatable bonds is 8. The first kappa shape index (κ1) is 23.9. The zero-order chi connectivity index (χ0) is 25.1. The molecule has 3 aromatic heterocycles. The largest absolute Gasteiger partial charge is 0.491 e. The molecular weight excluding hydrogens is 486 g/mol. The highest BCUT2D eigenvalue weighted by Gasteiger charge is 2.40. The average molecular weight is 512 g/mol. The number of hydrogen-bond acceptors (Lipinski definition) is 10. The maximum absolute atomic E-state index is 13.4. The highest BCUT2D eigenvalue weighted by atomic mass is 32.1. The molecule has 3 amide bonds. The van der Waals surface area contributed by atoms with E-state index in [1.54, 1.807) is 23.2 Å². The molecule has 188 valence electrons. The lowest BCUT2D eigenvalue weighted by atomic mass is 10.1. The van der Waals surface area contributed by atoms with Crippen molar-refractivity contribution in [2.75, 3.05) is 41.4 Å². The zero-order valence-corrected chi connectivity index (χ0v) is 20.0. The van der Waals surface area contributed by atoms with Gasteiger partial charge in [-0.1, -0.05) is 0 Å². The Bertz CT molecular complexity index is 1240. The van der Waals surface area contributed by atoms with Crippen molar-refractivity contribution in [3.8, 4) is 5.75 Å².